The summed E-state index contributed by atoms with van der Waals surface area (Å²) in [6, 6.07) is 0.362. The SMILES string of the molecule is CC(NCC1CCCO1)c1nc2c(s1)CCCCC2. The molecule has 2 unspecified atom stereocenters. The fourth-order valence-corrected chi connectivity index (χ4v) is 4.12. The van der Waals surface area contributed by atoms with Crippen LogP contribution in [0, 0.1) is 0 Å². The van der Waals surface area contributed by atoms with Gasteiger partial charge in [-0.3, -0.25) is 0 Å². The maximum atomic E-state index is 5.66. The second-order valence-corrected chi connectivity index (χ2v) is 6.86. The molecule has 4 heteroatoms. The minimum Gasteiger partial charge on any atom is -0.377 e. The van der Waals surface area contributed by atoms with Crippen LogP contribution in [0.2, 0.25) is 0 Å². The first-order chi connectivity index (χ1) is 9.33. The number of nitrogens with one attached hydrogen (secondary N) is 1. The van der Waals surface area contributed by atoms with Gasteiger partial charge in [0.2, 0.25) is 0 Å². The monoisotopic (exact) mass is 280 g/mol. The van der Waals surface area contributed by atoms with Gasteiger partial charge < -0.3 is 10.1 Å². The van der Waals surface area contributed by atoms with Crippen LogP contribution < -0.4 is 5.32 Å². The number of hydrogen-bond acceptors (Lipinski definition) is 4. The number of aromatic nitrogens is 1. The van der Waals surface area contributed by atoms with Crippen molar-refractivity contribution in [3.05, 3.63) is 15.6 Å². The van der Waals surface area contributed by atoms with Crippen molar-refractivity contribution in [1.82, 2.24) is 10.3 Å². The first kappa shape index (κ1) is 13.5. The van der Waals surface area contributed by atoms with Crippen molar-refractivity contribution in [2.75, 3.05) is 13.2 Å². The molecule has 1 aliphatic carbocycles. The molecule has 0 amide bonds. The summed E-state index contributed by atoms with van der Waals surface area (Å²) in [6.07, 6.45) is 9.28. The van der Waals surface area contributed by atoms with Crippen molar-refractivity contribution < 1.29 is 4.74 Å². The molecule has 2 heterocycles. The summed E-state index contributed by atoms with van der Waals surface area (Å²) in [7, 11) is 0. The molecular formula is C15H24N2OS. The third kappa shape index (κ3) is 3.36. The molecule has 1 saturated heterocycles. The predicted molar refractivity (Wildman–Crippen MR) is 78.8 cm³/mol. The van der Waals surface area contributed by atoms with E-state index >= 15 is 0 Å². The van der Waals surface area contributed by atoms with Crippen molar-refractivity contribution >= 4 is 11.3 Å². The number of rotatable bonds is 4. The van der Waals surface area contributed by atoms with E-state index in [-0.39, 0.29) is 0 Å². The maximum Gasteiger partial charge on any atom is 0.110 e. The van der Waals surface area contributed by atoms with Gasteiger partial charge in [-0.2, -0.15) is 0 Å². The number of aryl methyl sites for hydroxylation is 2. The zero-order valence-electron chi connectivity index (χ0n) is 11.8. The molecule has 2 atom stereocenters. The molecule has 0 aromatic carbocycles. The van der Waals surface area contributed by atoms with E-state index in [2.05, 4.69) is 12.2 Å². The average molecular weight is 280 g/mol. The van der Waals surface area contributed by atoms with Crippen molar-refractivity contribution in [1.29, 1.82) is 0 Å². The quantitative estimate of drug-likeness (QED) is 0.860. The molecule has 19 heavy (non-hydrogen) atoms. The molecule has 0 bridgehead atoms. The molecule has 1 aromatic rings. The summed E-state index contributed by atoms with van der Waals surface area (Å²) < 4.78 is 5.66. The standard InChI is InChI=1S/C15H24N2OS/c1-11(16-10-12-6-5-9-18-12)15-17-13-7-3-2-4-8-14(13)19-15/h11-12,16H,2-10H2,1H3. The van der Waals surface area contributed by atoms with Gasteiger partial charge in [-0.15, -0.1) is 11.3 Å². The molecule has 3 nitrogen and oxygen atoms in total. The average Bonchev–Trinajstić information content (AvgIpc) is 3.02. The number of ether oxygens (including phenoxy) is 1. The number of nitrogens with zero attached hydrogens (tertiary/aromatic N) is 1. The molecule has 1 aliphatic heterocycles. The van der Waals surface area contributed by atoms with Crippen molar-refractivity contribution in [2.45, 2.75) is 64.0 Å². The van der Waals surface area contributed by atoms with Gasteiger partial charge in [-0.1, -0.05) is 6.42 Å². The highest BCUT2D eigenvalue weighted by Gasteiger charge is 2.20. The fourth-order valence-electron chi connectivity index (χ4n) is 2.93. The fraction of sp³-hybridized carbons (Fsp3) is 0.800. The van der Waals surface area contributed by atoms with E-state index < -0.39 is 0 Å². The minimum absolute atomic E-state index is 0.362. The van der Waals surface area contributed by atoms with Crippen molar-refractivity contribution in [3.8, 4) is 0 Å². The van der Waals surface area contributed by atoms with E-state index in [1.165, 1.54) is 55.6 Å². The number of thiazole rings is 1. The highest BCUT2D eigenvalue weighted by Crippen LogP contribution is 2.29. The molecule has 0 saturated carbocycles. The van der Waals surface area contributed by atoms with E-state index in [0.29, 0.717) is 12.1 Å². The van der Waals surface area contributed by atoms with Gasteiger partial charge in [0.15, 0.2) is 0 Å². The Kier molecular flexibility index (Phi) is 4.51. The third-order valence-electron chi connectivity index (χ3n) is 4.16. The van der Waals surface area contributed by atoms with Crippen LogP contribution in [-0.4, -0.2) is 24.2 Å². The van der Waals surface area contributed by atoms with E-state index in [0.717, 1.165) is 13.2 Å². The first-order valence-corrected chi connectivity index (χ1v) is 8.48. The third-order valence-corrected chi connectivity index (χ3v) is 5.50. The van der Waals surface area contributed by atoms with Crippen LogP contribution in [0.5, 0.6) is 0 Å². The van der Waals surface area contributed by atoms with E-state index in [1.807, 2.05) is 11.3 Å². The van der Waals surface area contributed by atoms with Gasteiger partial charge in [0, 0.05) is 18.0 Å². The minimum atomic E-state index is 0.362. The summed E-state index contributed by atoms with van der Waals surface area (Å²) in [5, 5.41) is 4.86. The van der Waals surface area contributed by atoms with Gasteiger partial charge in [0.25, 0.3) is 0 Å². The Hall–Kier alpha value is -0.450. The highest BCUT2D eigenvalue weighted by molar-refractivity contribution is 7.11. The molecule has 0 radical (unpaired) electrons. The lowest BCUT2D eigenvalue weighted by Gasteiger charge is -2.15. The van der Waals surface area contributed by atoms with Crippen molar-refractivity contribution in [3.63, 3.8) is 0 Å². The first-order valence-electron chi connectivity index (χ1n) is 7.66. The van der Waals surface area contributed by atoms with Crippen LogP contribution in [0.25, 0.3) is 0 Å². The lowest BCUT2D eigenvalue weighted by Crippen LogP contribution is -2.28. The molecular weight excluding hydrogens is 256 g/mol. The number of hydrogen-bond donors (Lipinski definition) is 1. The van der Waals surface area contributed by atoms with Crippen LogP contribution >= 0.6 is 11.3 Å². The number of fused-ring (bicyclic) bond motifs is 1. The van der Waals surface area contributed by atoms with Gasteiger partial charge in [-0.05, 0) is 45.4 Å². The van der Waals surface area contributed by atoms with Gasteiger partial charge >= 0.3 is 0 Å². The lowest BCUT2D eigenvalue weighted by molar-refractivity contribution is 0.108. The summed E-state index contributed by atoms with van der Waals surface area (Å²) in [5.41, 5.74) is 1.38. The van der Waals surface area contributed by atoms with Crippen LogP contribution in [0.1, 0.15) is 60.6 Å². The highest BCUT2D eigenvalue weighted by atomic mass is 32.1. The Morgan fingerprint density at radius 2 is 2.21 bits per heavy atom. The molecule has 1 fully saturated rings. The summed E-state index contributed by atoms with van der Waals surface area (Å²) in [6.45, 7) is 4.13. The normalized spacial score (nSPS) is 25.0. The predicted octanol–water partition coefficient (Wildman–Crippen LogP) is 3.24. The summed E-state index contributed by atoms with van der Waals surface area (Å²) in [5.74, 6) is 0. The Morgan fingerprint density at radius 3 is 3.05 bits per heavy atom. The van der Waals surface area contributed by atoms with Crippen LogP contribution in [0.4, 0.5) is 0 Å². The summed E-state index contributed by atoms with van der Waals surface area (Å²) >= 11 is 1.92. The van der Waals surface area contributed by atoms with Gasteiger partial charge in [0.1, 0.15) is 5.01 Å². The van der Waals surface area contributed by atoms with E-state index in [1.54, 1.807) is 4.88 Å². The second kappa shape index (κ2) is 6.33. The summed E-state index contributed by atoms with van der Waals surface area (Å²) in [4.78, 5) is 6.41. The molecule has 1 N–H and O–H groups in total. The van der Waals surface area contributed by atoms with Crippen LogP contribution in [0.15, 0.2) is 0 Å². The molecule has 1 aromatic heterocycles. The molecule has 3 rings (SSSR count). The molecule has 106 valence electrons. The topological polar surface area (TPSA) is 34.1 Å². The van der Waals surface area contributed by atoms with Crippen LogP contribution in [-0.2, 0) is 17.6 Å². The Bertz CT molecular complexity index is 389. The lowest BCUT2D eigenvalue weighted by atomic mass is 10.2. The second-order valence-electron chi connectivity index (χ2n) is 5.75. The van der Waals surface area contributed by atoms with E-state index in [9.17, 15) is 0 Å². The largest absolute Gasteiger partial charge is 0.377 e. The van der Waals surface area contributed by atoms with Crippen molar-refractivity contribution in [2.24, 2.45) is 0 Å². The Morgan fingerprint density at radius 1 is 1.32 bits per heavy atom. The maximum absolute atomic E-state index is 5.66. The molecule has 0 spiro atoms. The zero-order chi connectivity index (χ0) is 13.1. The van der Waals surface area contributed by atoms with Crippen LogP contribution in [0.3, 0.4) is 0 Å². The van der Waals surface area contributed by atoms with Gasteiger partial charge in [-0.25, -0.2) is 4.98 Å². The smallest absolute Gasteiger partial charge is 0.110 e. The Labute approximate surface area is 119 Å². The van der Waals surface area contributed by atoms with E-state index in [4.69, 9.17) is 9.72 Å². The molecule has 2 aliphatic rings. The zero-order valence-corrected chi connectivity index (χ0v) is 12.6. The van der Waals surface area contributed by atoms with Gasteiger partial charge in [0.05, 0.1) is 17.8 Å². The Balaban J connectivity index is 1.58.